The van der Waals surface area contributed by atoms with Gasteiger partial charge in [0.05, 0.1) is 6.10 Å². The number of rotatable bonds is 13. The molecule has 1 N–H and O–H groups in total. The Balaban J connectivity index is 2.07. The van der Waals surface area contributed by atoms with Crippen LogP contribution in [0.15, 0.2) is 60.8 Å². The maximum atomic E-state index is 13.2. The molecule has 8 nitrogen and oxygen atoms in total. The molecule has 1 saturated heterocycles. The second kappa shape index (κ2) is 14.5. The number of carbonyl (C=O) groups excluding carboxylic acids is 3. The van der Waals surface area contributed by atoms with Gasteiger partial charge in [-0.15, -0.1) is 0 Å². The minimum atomic E-state index is -1.20. The summed E-state index contributed by atoms with van der Waals surface area (Å²) < 4.78 is 23.7. The van der Waals surface area contributed by atoms with Crippen LogP contribution in [0.1, 0.15) is 86.0 Å². The topological polar surface area (TPSA) is 108 Å². The SMILES string of the molecule is C=CC(=C)CCC1(C)C(C)CC(OC(=O)C=CC=CCCCCC)C23C(=CC(O)CC12)C(OC(C)=O)OC3OC(C)=O. The quantitative estimate of drug-likeness (QED) is 0.0675. The molecule has 3 aliphatic rings. The molecule has 8 atom stereocenters. The molecule has 8 heteroatoms. The van der Waals surface area contributed by atoms with E-state index in [-0.39, 0.29) is 11.8 Å². The Hall–Kier alpha value is -2.97. The Morgan fingerprint density at radius 1 is 1.12 bits per heavy atom. The van der Waals surface area contributed by atoms with Crippen molar-refractivity contribution >= 4 is 17.9 Å². The van der Waals surface area contributed by atoms with Crippen LogP contribution in [0.25, 0.3) is 0 Å². The lowest BCUT2D eigenvalue weighted by molar-refractivity contribution is -0.257. The van der Waals surface area contributed by atoms with Gasteiger partial charge in [-0.3, -0.25) is 14.3 Å². The van der Waals surface area contributed by atoms with Gasteiger partial charge >= 0.3 is 17.9 Å². The summed E-state index contributed by atoms with van der Waals surface area (Å²) in [6.45, 7) is 16.9. The number of carbonyl (C=O) groups is 3. The fourth-order valence-corrected chi connectivity index (χ4v) is 7.06. The molecule has 0 aromatic heterocycles. The van der Waals surface area contributed by atoms with Gasteiger partial charge in [0.15, 0.2) is 0 Å². The molecule has 0 radical (unpaired) electrons. The lowest BCUT2D eigenvalue weighted by Gasteiger charge is -2.60. The Morgan fingerprint density at radius 3 is 2.48 bits per heavy atom. The molecule has 0 aromatic carbocycles. The number of allylic oxidation sites excluding steroid dienone is 5. The summed E-state index contributed by atoms with van der Waals surface area (Å²) in [5.41, 5.74) is -0.241. The molecule has 2 fully saturated rings. The van der Waals surface area contributed by atoms with E-state index < -0.39 is 53.5 Å². The molecule has 0 bridgehead atoms. The number of unbranched alkanes of at least 4 members (excludes halogenated alkanes) is 3. The van der Waals surface area contributed by atoms with Crippen LogP contribution >= 0.6 is 0 Å². The van der Waals surface area contributed by atoms with Crippen LogP contribution in [0, 0.1) is 22.7 Å². The minimum Gasteiger partial charge on any atom is -0.458 e. The van der Waals surface area contributed by atoms with Crippen molar-refractivity contribution in [3.63, 3.8) is 0 Å². The summed E-state index contributed by atoms with van der Waals surface area (Å²) in [4.78, 5) is 37.7. The van der Waals surface area contributed by atoms with Crippen molar-refractivity contribution in [2.45, 2.75) is 111 Å². The maximum absolute atomic E-state index is 13.2. The Bertz CT molecular complexity index is 1120. The number of hydrogen-bond donors (Lipinski definition) is 1. The van der Waals surface area contributed by atoms with E-state index in [0.29, 0.717) is 31.3 Å². The van der Waals surface area contributed by atoms with E-state index in [4.69, 9.17) is 18.9 Å². The van der Waals surface area contributed by atoms with Crippen LogP contribution in [-0.2, 0) is 33.3 Å². The molecule has 0 aromatic rings. The molecule has 1 aliphatic heterocycles. The van der Waals surface area contributed by atoms with Crippen molar-refractivity contribution in [1.82, 2.24) is 0 Å². The second-order valence-corrected chi connectivity index (χ2v) is 12.1. The molecule has 2 aliphatic carbocycles. The van der Waals surface area contributed by atoms with Gasteiger partial charge in [0.25, 0.3) is 0 Å². The van der Waals surface area contributed by atoms with Gasteiger partial charge in [0, 0.05) is 25.5 Å². The van der Waals surface area contributed by atoms with Crippen molar-refractivity contribution in [2.75, 3.05) is 0 Å². The number of aliphatic hydroxyl groups is 1. The zero-order chi connectivity index (χ0) is 31.1. The molecule has 232 valence electrons. The van der Waals surface area contributed by atoms with Crippen molar-refractivity contribution in [3.8, 4) is 0 Å². The highest BCUT2D eigenvalue weighted by molar-refractivity contribution is 5.82. The fraction of sp³-hybridized carbons (Fsp3) is 0.618. The average Bonchev–Trinajstić information content (AvgIpc) is 3.21. The Morgan fingerprint density at radius 2 is 1.83 bits per heavy atom. The molecule has 1 spiro atoms. The third-order valence-corrected chi connectivity index (χ3v) is 9.37. The van der Waals surface area contributed by atoms with Gasteiger partial charge in [0.2, 0.25) is 12.6 Å². The van der Waals surface area contributed by atoms with Crippen LogP contribution in [0.4, 0.5) is 0 Å². The van der Waals surface area contributed by atoms with Gasteiger partial charge in [-0.25, -0.2) is 4.79 Å². The van der Waals surface area contributed by atoms with Gasteiger partial charge in [-0.05, 0) is 61.9 Å². The van der Waals surface area contributed by atoms with E-state index in [1.807, 2.05) is 12.2 Å². The van der Waals surface area contributed by atoms with Gasteiger partial charge in [0.1, 0.15) is 11.5 Å². The van der Waals surface area contributed by atoms with Crippen molar-refractivity contribution in [3.05, 3.63) is 60.8 Å². The third kappa shape index (κ3) is 7.14. The van der Waals surface area contributed by atoms with Gasteiger partial charge < -0.3 is 19.3 Å². The van der Waals surface area contributed by atoms with Gasteiger partial charge in [-0.1, -0.05) is 76.6 Å². The van der Waals surface area contributed by atoms with E-state index in [1.165, 1.54) is 19.9 Å². The van der Waals surface area contributed by atoms with Crippen molar-refractivity contribution < 1.29 is 38.4 Å². The molecule has 0 amide bonds. The Kier molecular flexibility index (Phi) is 11.6. The number of aliphatic hydroxyl groups excluding tert-OH is 1. The maximum Gasteiger partial charge on any atom is 0.331 e. The first-order valence-corrected chi connectivity index (χ1v) is 15.1. The molecule has 1 heterocycles. The monoisotopic (exact) mass is 584 g/mol. The zero-order valence-corrected chi connectivity index (χ0v) is 25.8. The molecule has 42 heavy (non-hydrogen) atoms. The summed E-state index contributed by atoms with van der Waals surface area (Å²) in [6, 6.07) is 0. The fourth-order valence-electron chi connectivity index (χ4n) is 7.06. The highest BCUT2D eigenvalue weighted by Gasteiger charge is 2.72. The highest BCUT2D eigenvalue weighted by atomic mass is 16.8. The summed E-state index contributed by atoms with van der Waals surface area (Å²) in [5.74, 6) is -2.02. The Labute approximate surface area is 250 Å². The minimum absolute atomic E-state index is 0.0447. The molecule has 3 rings (SSSR count). The summed E-state index contributed by atoms with van der Waals surface area (Å²) >= 11 is 0. The summed E-state index contributed by atoms with van der Waals surface area (Å²) in [6.07, 6.45) is 12.7. The van der Waals surface area contributed by atoms with Crippen LogP contribution in [-0.4, -0.2) is 47.8 Å². The smallest absolute Gasteiger partial charge is 0.331 e. The zero-order valence-electron chi connectivity index (χ0n) is 25.8. The third-order valence-electron chi connectivity index (χ3n) is 9.37. The second-order valence-electron chi connectivity index (χ2n) is 12.1. The largest absolute Gasteiger partial charge is 0.458 e. The van der Waals surface area contributed by atoms with E-state index in [2.05, 4.69) is 33.9 Å². The van der Waals surface area contributed by atoms with Crippen molar-refractivity contribution in [2.24, 2.45) is 22.7 Å². The average molecular weight is 585 g/mol. The van der Waals surface area contributed by atoms with E-state index in [1.54, 1.807) is 18.2 Å². The van der Waals surface area contributed by atoms with Gasteiger partial charge in [-0.2, -0.15) is 0 Å². The first-order chi connectivity index (χ1) is 19.9. The standard InChI is InChI=1S/C34H48O8/c1-8-10-11-12-13-14-15-16-30(38)41-29-19-23(4)33(7,18-17-22(3)9-2)28-21-26(37)20-27-31(39-24(5)35)42-32(34(27,28)29)40-25(6)36/h9,13-16,20,23,26,28-29,31-32,37H,2-3,8,10-12,17-19,21H2,1,4-7H3. The van der Waals surface area contributed by atoms with Crippen LogP contribution in [0.2, 0.25) is 0 Å². The lowest BCUT2D eigenvalue weighted by Crippen LogP contribution is -2.63. The first-order valence-electron chi connectivity index (χ1n) is 15.1. The summed E-state index contributed by atoms with van der Waals surface area (Å²) in [5, 5.41) is 11.1. The number of esters is 3. The van der Waals surface area contributed by atoms with Crippen LogP contribution in [0.3, 0.4) is 0 Å². The molecular weight excluding hydrogens is 536 g/mol. The van der Waals surface area contributed by atoms with E-state index >= 15 is 0 Å². The first kappa shape index (κ1) is 33.5. The predicted molar refractivity (Wildman–Crippen MR) is 160 cm³/mol. The van der Waals surface area contributed by atoms with E-state index in [0.717, 1.165) is 31.3 Å². The summed E-state index contributed by atoms with van der Waals surface area (Å²) in [7, 11) is 0. The van der Waals surface area contributed by atoms with Crippen molar-refractivity contribution in [1.29, 1.82) is 0 Å². The molecular formula is C34H48O8. The van der Waals surface area contributed by atoms with Crippen LogP contribution in [0.5, 0.6) is 0 Å². The number of hydrogen-bond acceptors (Lipinski definition) is 8. The van der Waals surface area contributed by atoms with E-state index in [9.17, 15) is 19.5 Å². The normalized spacial score (nSPS) is 33.9. The lowest BCUT2D eigenvalue weighted by atomic mass is 9.45. The molecule has 1 saturated carbocycles. The predicted octanol–water partition coefficient (Wildman–Crippen LogP) is 6.26. The highest BCUT2D eigenvalue weighted by Crippen LogP contribution is 2.67. The number of ether oxygens (including phenoxy) is 4. The van der Waals surface area contributed by atoms with Crippen LogP contribution < -0.4 is 0 Å². The molecule has 8 unspecified atom stereocenters.